The predicted octanol–water partition coefficient (Wildman–Crippen LogP) is 2.80. The lowest BCUT2D eigenvalue weighted by Crippen LogP contribution is -2.27. The van der Waals surface area contributed by atoms with Gasteiger partial charge in [0.15, 0.2) is 0 Å². The van der Waals surface area contributed by atoms with Gasteiger partial charge >= 0.3 is 0 Å². The maximum atomic E-state index is 5.92. The monoisotopic (exact) mass is 157 g/mol. The van der Waals surface area contributed by atoms with Crippen molar-refractivity contribution < 1.29 is 0 Å². The number of hydrogen-bond donors (Lipinski definition) is 1. The van der Waals surface area contributed by atoms with Crippen molar-refractivity contribution in [3.63, 3.8) is 0 Å². The van der Waals surface area contributed by atoms with Crippen molar-refractivity contribution >= 4 is 0 Å². The van der Waals surface area contributed by atoms with Crippen LogP contribution in [-0.4, -0.2) is 6.04 Å². The quantitative estimate of drug-likeness (QED) is 0.670. The Morgan fingerprint density at radius 1 is 1.18 bits per heavy atom. The molecule has 2 N–H and O–H groups in total. The van der Waals surface area contributed by atoms with Crippen LogP contribution in [0.5, 0.6) is 0 Å². The molecule has 1 heteroatoms. The third kappa shape index (κ3) is 6.36. The van der Waals surface area contributed by atoms with E-state index in [1.807, 2.05) is 0 Å². The fraction of sp³-hybridized carbons (Fsp3) is 1.00. The van der Waals surface area contributed by atoms with E-state index in [0.717, 1.165) is 6.42 Å². The first-order chi connectivity index (χ1) is 4.83. The lowest BCUT2D eigenvalue weighted by atomic mass is 9.86. The Labute approximate surface area is 71.4 Å². The molecule has 0 aliphatic carbocycles. The molecule has 68 valence electrons. The first-order valence-corrected chi connectivity index (χ1v) is 4.58. The minimum Gasteiger partial charge on any atom is -0.327 e. The SMILES string of the molecule is CC(C)[C@H](N)CCC(C)(C)C. The topological polar surface area (TPSA) is 26.0 Å². The predicted molar refractivity (Wildman–Crippen MR) is 51.5 cm³/mol. The third-order valence-electron chi connectivity index (χ3n) is 2.08. The Hall–Kier alpha value is -0.0400. The molecule has 0 heterocycles. The molecule has 0 amide bonds. The summed E-state index contributed by atoms with van der Waals surface area (Å²) in [5.41, 5.74) is 6.36. The summed E-state index contributed by atoms with van der Waals surface area (Å²) in [5, 5.41) is 0. The van der Waals surface area contributed by atoms with Gasteiger partial charge in [-0.2, -0.15) is 0 Å². The fourth-order valence-electron chi connectivity index (χ4n) is 0.933. The number of nitrogens with two attached hydrogens (primary N) is 1. The van der Waals surface area contributed by atoms with Gasteiger partial charge in [0.1, 0.15) is 0 Å². The molecule has 0 fully saturated rings. The second-order valence-corrected chi connectivity index (χ2v) is 5.01. The van der Waals surface area contributed by atoms with Crippen LogP contribution in [-0.2, 0) is 0 Å². The Bertz CT molecular complexity index is 99.9. The molecule has 0 aliphatic heterocycles. The first kappa shape index (κ1) is 11.0. The highest BCUT2D eigenvalue weighted by Crippen LogP contribution is 2.22. The van der Waals surface area contributed by atoms with Gasteiger partial charge in [-0.05, 0) is 24.2 Å². The van der Waals surface area contributed by atoms with Crippen molar-refractivity contribution in [3.05, 3.63) is 0 Å². The van der Waals surface area contributed by atoms with Crippen molar-refractivity contribution in [3.8, 4) is 0 Å². The standard InChI is InChI=1S/C10H23N/c1-8(2)9(11)6-7-10(3,4)5/h8-9H,6-7,11H2,1-5H3/t9-/m1/s1. The summed E-state index contributed by atoms with van der Waals surface area (Å²) in [6, 6.07) is 0.384. The third-order valence-corrected chi connectivity index (χ3v) is 2.08. The molecule has 0 rings (SSSR count). The first-order valence-electron chi connectivity index (χ1n) is 4.58. The van der Waals surface area contributed by atoms with Crippen molar-refractivity contribution in [1.82, 2.24) is 0 Å². The summed E-state index contributed by atoms with van der Waals surface area (Å²) in [7, 11) is 0. The van der Waals surface area contributed by atoms with Gasteiger partial charge < -0.3 is 5.73 Å². The molecule has 11 heavy (non-hydrogen) atoms. The molecule has 0 aromatic heterocycles. The highest BCUT2D eigenvalue weighted by atomic mass is 14.6. The van der Waals surface area contributed by atoms with Crippen molar-refractivity contribution in [2.45, 2.75) is 53.5 Å². The van der Waals surface area contributed by atoms with Crippen molar-refractivity contribution in [1.29, 1.82) is 0 Å². The summed E-state index contributed by atoms with van der Waals surface area (Å²) in [5.74, 6) is 0.623. The molecular weight excluding hydrogens is 134 g/mol. The van der Waals surface area contributed by atoms with Gasteiger partial charge in [-0.15, -0.1) is 0 Å². The van der Waals surface area contributed by atoms with Gasteiger partial charge in [0.05, 0.1) is 0 Å². The molecule has 0 aromatic rings. The van der Waals surface area contributed by atoms with Crippen molar-refractivity contribution in [2.75, 3.05) is 0 Å². The maximum Gasteiger partial charge on any atom is 0.00620 e. The zero-order valence-corrected chi connectivity index (χ0v) is 8.65. The highest BCUT2D eigenvalue weighted by Gasteiger charge is 2.14. The summed E-state index contributed by atoms with van der Waals surface area (Å²) in [4.78, 5) is 0. The summed E-state index contributed by atoms with van der Waals surface area (Å²) in [6.07, 6.45) is 2.38. The van der Waals surface area contributed by atoms with E-state index in [1.165, 1.54) is 6.42 Å². The molecule has 0 aliphatic rings. The van der Waals surface area contributed by atoms with Gasteiger partial charge in [-0.1, -0.05) is 34.6 Å². The minimum absolute atomic E-state index is 0.384. The Kier molecular flexibility index (Phi) is 4.09. The van der Waals surface area contributed by atoms with Crippen LogP contribution in [0.25, 0.3) is 0 Å². The van der Waals surface area contributed by atoms with Crippen LogP contribution in [0.3, 0.4) is 0 Å². The van der Waals surface area contributed by atoms with E-state index in [4.69, 9.17) is 5.73 Å². The van der Waals surface area contributed by atoms with E-state index >= 15 is 0 Å². The summed E-state index contributed by atoms with van der Waals surface area (Å²) < 4.78 is 0. The average Bonchev–Trinajstić information content (AvgIpc) is 1.80. The van der Waals surface area contributed by atoms with Gasteiger partial charge in [0.2, 0.25) is 0 Å². The van der Waals surface area contributed by atoms with Gasteiger partial charge in [0, 0.05) is 6.04 Å². The summed E-state index contributed by atoms with van der Waals surface area (Å²) in [6.45, 7) is 11.2. The maximum absolute atomic E-state index is 5.92. The molecule has 0 spiro atoms. The molecule has 0 aromatic carbocycles. The minimum atomic E-state index is 0.384. The smallest absolute Gasteiger partial charge is 0.00620 e. The van der Waals surface area contributed by atoms with Crippen LogP contribution in [0, 0.1) is 11.3 Å². The van der Waals surface area contributed by atoms with E-state index in [0.29, 0.717) is 17.4 Å². The number of rotatable bonds is 3. The van der Waals surface area contributed by atoms with E-state index < -0.39 is 0 Å². The molecule has 0 radical (unpaired) electrons. The Balaban J connectivity index is 3.54. The number of hydrogen-bond acceptors (Lipinski definition) is 1. The van der Waals surface area contributed by atoms with E-state index in [1.54, 1.807) is 0 Å². The molecule has 1 atom stereocenters. The summed E-state index contributed by atoms with van der Waals surface area (Å²) >= 11 is 0. The second kappa shape index (κ2) is 4.10. The van der Waals surface area contributed by atoms with Gasteiger partial charge in [-0.25, -0.2) is 0 Å². The Morgan fingerprint density at radius 2 is 1.64 bits per heavy atom. The van der Waals surface area contributed by atoms with Crippen LogP contribution in [0.2, 0.25) is 0 Å². The van der Waals surface area contributed by atoms with Crippen LogP contribution >= 0.6 is 0 Å². The molecule has 1 nitrogen and oxygen atoms in total. The fourth-order valence-corrected chi connectivity index (χ4v) is 0.933. The zero-order valence-electron chi connectivity index (χ0n) is 8.65. The zero-order chi connectivity index (χ0) is 9.07. The largest absolute Gasteiger partial charge is 0.327 e. The van der Waals surface area contributed by atoms with Crippen molar-refractivity contribution in [2.24, 2.45) is 17.1 Å². The normalized spacial score (nSPS) is 15.5. The van der Waals surface area contributed by atoms with E-state index in [9.17, 15) is 0 Å². The highest BCUT2D eigenvalue weighted by molar-refractivity contribution is 4.70. The van der Waals surface area contributed by atoms with Crippen LogP contribution in [0.4, 0.5) is 0 Å². The van der Waals surface area contributed by atoms with Crippen LogP contribution in [0.1, 0.15) is 47.5 Å². The molecular formula is C10H23N. The lowest BCUT2D eigenvalue weighted by Gasteiger charge is -2.22. The van der Waals surface area contributed by atoms with Crippen LogP contribution in [0.15, 0.2) is 0 Å². The molecule has 0 saturated heterocycles. The van der Waals surface area contributed by atoms with E-state index in [2.05, 4.69) is 34.6 Å². The van der Waals surface area contributed by atoms with Gasteiger partial charge in [-0.3, -0.25) is 0 Å². The van der Waals surface area contributed by atoms with E-state index in [-0.39, 0.29) is 0 Å². The lowest BCUT2D eigenvalue weighted by molar-refractivity contribution is 0.325. The molecule has 0 unspecified atom stereocenters. The molecule has 0 bridgehead atoms. The average molecular weight is 157 g/mol. The Morgan fingerprint density at radius 3 is 1.91 bits per heavy atom. The van der Waals surface area contributed by atoms with Gasteiger partial charge in [0.25, 0.3) is 0 Å². The van der Waals surface area contributed by atoms with Crippen LogP contribution < -0.4 is 5.73 Å². The molecule has 0 saturated carbocycles. The second-order valence-electron chi connectivity index (χ2n) is 5.01.